The number of ether oxygens (including phenoxy) is 2. The number of carbonyl (C=O) groups excluding carboxylic acids is 1. The number of rotatable bonds is 4. The van der Waals surface area contributed by atoms with Gasteiger partial charge in [0.1, 0.15) is 11.6 Å². The number of nitrogens with zero attached hydrogens (tertiary/aromatic N) is 2. The topological polar surface area (TPSA) is 101 Å². The Labute approximate surface area is 154 Å². The van der Waals surface area contributed by atoms with Gasteiger partial charge in [-0.3, -0.25) is 9.20 Å². The van der Waals surface area contributed by atoms with Gasteiger partial charge in [-0.15, -0.1) is 0 Å². The van der Waals surface area contributed by atoms with Gasteiger partial charge in [0, 0.05) is 11.8 Å². The van der Waals surface area contributed by atoms with Crippen molar-refractivity contribution in [2.24, 2.45) is 0 Å². The maximum absolute atomic E-state index is 12.8. The summed E-state index contributed by atoms with van der Waals surface area (Å²) in [6, 6.07) is 11.2. The lowest BCUT2D eigenvalue weighted by Gasteiger charge is -2.15. The standard InChI is InChI=1S/C20H16N2O5/c1-3-27-20(25)18-14-6-4-5-9-22(14)19(24)13(11-21)17(18)12-7-8-15(23)16(10-12)26-2/h4-10,23H,3H2,1-2H3. The summed E-state index contributed by atoms with van der Waals surface area (Å²) in [5, 5.41) is 19.5. The summed E-state index contributed by atoms with van der Waals surface area (Å²) in [4.78, 5) is 25.5. The van der Waals surface area contributed by atoms with Gasteiger partial charge in [-0.1, -0.05) is 12.1 Å². The van der Waals surface area contributed by atoms with Crippen molar-refractivity contribution in [3.8, 4) is 28.7 Å². The molecule has 2 aromatic heterocycles. The van der Waals surface area contributed by atoms with Gasteiger partial charge < -0.3 is 14.6 Å². The van der Waals surface area contributed by atoms with Gasteiger partial charge in [0.05, 0.1) is 24.8 Å². The summed E-state index contributed by atoms with van der Waals surface area (Å²) in [5.41, 5.74) is 0.194. The lowest BCUT2D eigenvalue weighted by atomic mass is 9.94. The number of hydrogen-bond acceptors (Lipinski definition) is 6. The van der Waals surface area contributed by atoms with Crippen molar-refractivity contribution in [1.82, 2.24) is 4.40 Å². The fourth-order valence-electron chi connectivity index (χ4n) is 2.94. The minimum Gasteiger partial charge on any atom is -0.504 e. The van der Waals surface area contributed by atoms with Crippen molar-refractivity contribution in [3.63, 3.8) is 0 Å². The number of esters is 1. The normalized spacial score (nSPS) is 10.4. The molecule has 0 unspecified atom stereocenters. The smallest absolute Gasteiger partial charge is 0.340 e. The zero-order valence-corrected chi connectivity index (χ0v) is 14.7. The third-order valence-corrected chi connectivity index (χ3v) is 4.11. The van der Waals surface area contributed by atoms with Crippen molar-refractivity contribution in [2.75, 3.05) is 13.7 Å². The van der Waals surface area contributed by atoms with Gasteiger partial charge >= 0.3 is 5.97 Å². The maximum atomic E-state index is 12.8. The Bertz CT molecular complexity index is 1140. The highest BCUT2D eigenvalue weighted by atomic mass is 16.5. The van der Waals surface area contributed by atoms with Gasteiger partial charge in [0.15, 0.2) is 11.5 Å². The van der Waals surface area contributed by atoms with E-state index in [0.717, 1.165) is 0 Å². The fourth-order valence-corrected chi connectivity index (χ4v) is 2.94. The molecule has 1 N–H and O–H groups in total. The van der Waals surface area contributed by atoms with Gasteiger partial charge in [-0.2, -0.15) is 5.26 Å². The van der Waals surface area contributed by atoms with E-state index in [0.29, 0.717) is 11.1 Å². The zero-order chi connectivity index (χ0) is 19.6. The number of aromatic nitrogens is 1. The summed E-state index contributed by atoms with van der Waals surface area (Å²) >= 11 is 0. The van der Waals surface area contributed by atoms with E-state index >= 15 is 0 Å². The van der Waals surface area contributed by atoms with E-state index in [4.69, 9.17) is 9.47 Å². The second kappa shape index (κ2) is 7.22. The van der Waals surface area contributed by atoms with E-state index < -0.39 is 11.5 Å². The first-order chi connectivity index (χ1) is 13.0. The van der Waals surface area contributed by atoms with Crippen LogP contribution in [0.1, 0.15) is 22.8 Å². The molecule has 27 heavy (non-hydrogen) atoms. The Hall–Kier alpha value is -3.79. The van der Waals surface area contributed by atoms with Gasteiger partial charge in [-0.05, 0) is 36.8 Å². The van der Waals surface area contributed by atoms with Crippen LogP contribution in [0.25, 0.3) is 16.6 Å². The lowest BCUT2D eigenvalue weighted by Crippen LogP contribution is -2.22. The van der Waals surface area contributed by atoms with Crippen LogP contribution in [-0.2, 0) is 4.74 Å². The molecule has 3 rings (SSSR count). The molecule has 0 radical (unpaired) electrons. The molecule has 3 aromatic rings. The molecule has 7 nitrogen and oxygen atoms in total. The minimum absolute atomic E-state index is 0.0985. The van der Waals surface area contributed by atoms with Crippen LogP contribution in [0, 0.1) is 11.3 Å². The minimum atomic E-state index is -0.653. The van der Waals surface area contributed by atoms with E-state index in [9.17, 15) is 20.0 Å². The van der Waals surface area contributed by atoms with Crippen LogP contribution in [0.15, 0.2) is 47.4 Å². The SMILES string of the molecule is CCOC(=O)c1c(-c2ccc(O)c(OC)c2)c(C#N)c(=O)n2ccccc12. The molecule has 0 amide bonds. The third kappa shape index (κ3) is 2.98. The van der Waals surface area contributed by atoms with Crippen molar-refractivity contribution in [3.05, 3.63) is 64.1 Å². The highest BCUT2D eigenvalue weighted by Crippen LogP contribution is 2.35. The summed E-state index contributed by atoms with van der Waals surface area (Å²) in [5.74, 6) is -0.603. The van der Waals surface area contributed by atoms with Crippen LogP contribution < -0.4 is 10.3 Å². The number of phenols is 1. The molecule has 0 spiro atoms. The molecule has 7 heteroatoms. The molecule has 0 atom stereocenters. The number of pyridine rings is 2. The molecule has 2 heterocycles. The van der Waals surface area contributed by atoms with Gasteiger partial charge in [0.2, 0.25) is 0 Å². The molecule has 0 aliphatic heterocycles. The number of nitriles is 1. The van der Waals surface area contributed by atoms with E-state index in [2.05, 4.69) is 0 Å². The van der Waals surface area contributed by atoms with Crippen LogP contribution in [0.2, 0.25) is 0 Å². The van der Waals surface area contributed by atoms with Gasteiger partial charge in [0.25, 0.3) is 5.56 Å². The van der Waals surface area contributed by atoms with Crippen molar-refractivity contribution in [1.29, 1.82) is 5.26 Å². The second-order valence-electron chi connectivity index (χ2n) is 5.60. The van der Waals surface area contributed by atoms with Crippen LogP contribution in [0.5, 0.6) is 11.5 Å². The molecule has 0 aliphatic rings. The summed E-state index contributed by atoms with van der Waals surface area (Å²) in [6.45, 7) is 1.81. The maximum Gasteiger partial charge on any atom is 0.340 e. The first kappa shape index (κ1) is 18.0. The van der Waals surface area contributed by atoms with Crippen molar-refractivity contribution < 1.29 is 19.4 Å². The highest BCUT2D eigenvalue weighted by molar-refractivity contribution is 6.05. The number of carbonyl (C=O) groups is 1. The van der Waals surface area contributed by atoms with Crippen molar-refractivity contribution in [2.45, 2.75) is 6.92 Å². The average molecular weight is 364 g/mol. The predicted molar refractivity (Wildman–Crippen MR) is 98.0 cm³/mol. The number of aromatic hydroxyl groups is 1. The largest absolute Gasteiger partial charge is 0.504 e. The van der Waals surface area contributed by atoms with E-state index in [1.807, 2.05) is 6.07 Å². The molecule has 0 saturated heterocycles. The number of fused-ring (bicyclic) bond motifs is 1. The molecule has 136 valence electrons. The molecule has 0 saturated carbocycles. The number of methoxy groups -OCH3 is 1. The van der Waals surface area contributed by atoms with Crippen LogP contribution in [0.4, 0.5) is 0 Å². The summed E-state index contributed by atoms with van der Waals surface area (Å²) < 4.78 is 11.5. The Kier molecular flexibility index (Phi) is 4.81. The summed E-state index contributed by atoms with van der Waals surface area (Å²) in [6.07, 6.45) is 1.49. The predicted octanol–water partition coefficient (Wildman–Crippen LogP) is 2.73. The summed E-state index contributed by atoms with van der Waals surface area (Å²) in [7, 11) is 1.38. The number of phenolic OH excluding ortho intramolecular Hbond substituents is 1. The monoisotopic (exact) mass is 364 g/mol. The van der Waals surface area contributed by atoms with Gasteiger partial charge in [-0.25, -0.2) is 4.79 Å². The zero-order valence-electron chi connectivity index (χ0n) is 14.7. The molecule has 0 bridgehead atoms. The molecule has 0 fully saturated rings. The second-order valence-corrected chi connectivity index (χ2v) is 5.60. The van der Waals surface area contributed by atoms with E-state index in [1.165, 1.54) is 35.9 Å². The quantitative estimate of drug-likeness (QED) is 0.715. The van der Waals surface area contributed by atoms with Crippen LogP contribution in [0.3, 0.4) is 0 Å². The van der Waals surface area contributed by atoms with Crippen LogP contribution >= 0.6 is 0 Å². The average Bonchev–Trinajstić information content (AvgIpc) is 2.68. The Morgan fingerprint density at radius 3 is 2.74 bits per heavy atom. The van der Waals surface area contributed by atoms with Crippen molar-refractivity contribution >= 4 is 11.5 Å². The molecular weight excluding hydrogens is 348 g/mol. The first-order valence-electron chi connectivity index (χ1n) is 8.15. The Balaban J connectivity index is 2.50. The molecule has 0 aliphatic carbocycles. The molecule has 1 aromatic carbocycles. The Morgan fingerprint density at radius 2 is 2.07 bits per heavy atom. The first-order valence-corrected chi connectivity index (χ1v) is 8.15. The highest BCUT2D eigenvalue weighted by Gasteiger charge is 2.25. The number of hydrogen-bond donors (Lipinski definition) is 1. The fraction of sp³-hybridized carbons (Fsp3) is 0.150. The third-order valence-electron chi connectivity index (χ3n) is 4.11. The Morgan fingerprint density at radius 1 is 1.30 bits per heavy atom. The van der Waals surface area contributed by atoms with E-state index in [-0.39, 0.29) is 34.8 Å². The number of benzene rings is 1. The molecular formula is C20H16N2O5. The van der Waals surface area contributed by atoms with Crippen LogP contribution in [-0.4, -0.2) is 29.2 Å². The van der Waals surface area contributed by atoms with E-state index in [1.54, 1.807) is 25.1 Å². The lowest BCUT2D eigenvalue weighted by molar-refractivity contribution is 0.0529.